The third-order valence-electron chi connectivity index (χ3n) is 5.52. The third-order valence-corrected chi connectivity index (χ3v) is 5.52. The molecule has 1 aromatic rings. The van der Waals surface area contributed by atoms with Crippen LogP contribution in [0.25, 0.3) is 0 Å². The van der Waals surface area contributed by atoms with Crippen LogP contribution in [0.15, 0.2) is 10.7 Å². The number of hydrogen-bond donors (Lipinski definition) is 0. The van der Waals surface area contributed by atoms with Gasteiger partial charge in [0, 0.05) is 25.7 Å². The molecule has 23 heavy (non-hydrogen) atoms. The Hall–Kier alpha value is -1.56. The summed E-state index contributed by atoms with van der Waals surface area (Å²) in [5.41, 5.74) is 0.275. The summed E-state index contributed by atoms with van der Waals surface area (Å²) in [5.74, 6) is 0.972. The van der Waals surface area contributed by atoms with Crippen LogP contribution in [0.4, 0.5) is 6.01 Å². The lowest BCUT2D eigenvalue weighted by Crippen LogP contribution is -2.59. The first-order valence-corrected chi connectivity index (χ1v) is 8.86. The lowest BCUT2D eigenvalue weighted by Gasteiger charge is -2.52. The minimum absolute atomic E-state index is 0.275. The van der Waals surface area contributed by atoms with Gasteiger partial charge in [-0.3, -0.25) is 4.90 Å². The number of fused-ring (bicyclic) bond motifs is 4. The minimum Gasteiger partial charge on any atom is -0.461 e. The number of oxazole rings is 1. The summed E-state index contributed by atoms with van der Waals surface area (Å²) in [6.07, 6.45) is 6.77. The van der Waals surface area contributed by atoms with Crippen molar-refractivity contribution in [3.05, 3.63) is 12.0 Å². The van der Waals surface area contributed by atoms with Crippen LogP contribution in [0.2, 0.25) is 0 Å². The number of aromatic nitrogens is 1. The molecule has 0 amide bonds. The summed E-state index contributed by atoms with van der Waals surface area (Å²) < 4.78 is 10.6. The highest BCUT2D eigenvalue weighted by Gasteiger charge is 2.42. The molecular formula is C17H25N3O3. The minimum atomic E-state index is -0.404. The molecule has 2 bridgehead atoms. The first-order valence-electron chi connectivity index (χ1n) is 8.86. The Kier molecular flexibility index (Phi) is 4.01. The van der Waals surface area contributed by atoms with E-state index in [0.717, 1.165) is 19.1 Å². The molecule has 0 N–H and O–H groups in total. The van der Waals surface area contributed by atoms with E-state index in [4.69, 9.17) is 9.15 Å². The number of ether oxygens (including phenoxy) is 1. The van der Waals surface area contributed by atoms with Gasteiger partial charge < -0.3 is 14.1 Å². The Bertz CT molecular complexity index is 573. The van der Waals surface area contributed by atoms with Crippen LogP contribution in [0.1, 0.15) is 43.1 Å². The van der Waals surface area contributed by atoms with E-state index in [1.807, 2.05) is 0 Å². The molecule has 0 saturated carbocycles. The Labute approximate surface area is 136 Å². The number of piperidine rings is 3. The molecule has 0 unspecified atom stereocenters. The molecule has 6 heteroatoms. The van der Waals surface area contributed by atoms with Gasteiger partial charge in [0.2, 0.25) is 0 Å². The van der Waals surface area contributed by atoms with Crippen LogP contribution in [0, 0.1) is 11.8 Å². The second-order valence-electron chi connectivity index (χ2n) is 7.06. The molecule has 0 aliphatic carbocycles. The first-order chi connectivity index (χ1) is 11.2. The second kappa shape index (κ2) is 6.15. The summed E-state index contributed by atoms with van der Waals surface area (Å²) in [4.78, 5) is 21.0. The fourth-order valence-electron chi connectivity index (χ4n) is 4.63. The lowest BCUT2D eigenvalue weighted by atomic mass is 9.76. The molecule has 6 nitrogen and oxygen atoms in total. The van der Waals surface area contributed by atoms with E-state index in [1.165, 1.54) is 45.0 Å². The normalized spacial score (nSPS) is 30.8. The van der Waals surface area contributed by atoms with E-state index in [1.54, 1.807) is 6.92 Å². The predicted octanol–water partition coefficient (Wildman–Crippen LogP) is 2.16. The van der Waals surface area contributed by atoms with Gasteiger partial charge in [0.1, 0.15) is 6.26 Å². The highest BCUT2D eigenvalue weighted by molar-refractivity contribution is 5.87. The van der Waals surface area contributed by atoms with Crippen LogP contribution in [0.3, 0.4) is 0 Å². The number of carbonyl (C=O) groups excluding carboxylic acids is 1. The molecule has 3 aliphatic rings. The van der Waals surface area contributed by atoms with E-state index in [-0.39, 0.29) is 5.69 Å². The molecule has 3 atom stereocenters. The van der Waals surface area contributed by atoms with Gasteiger partial charge >= 0.3 is 5.97 Å². The summed E-state index contributed by atoms with van der Waals surface area (Å²) in [6, 6.07) is 1.30. The molecule has 126 valence electrons. The van der Waals surface area contributed by atoms with Crippen molar-refractivity contribution < 1.29 is 13.9 Å². The fraction of sp³-hybridized carbons (Fsp3) is 0.765. The maximum absolute atomic E-state index is 11.8. The number of anilines is 1. The van der Waals surface area contributed by atoms with Gasteiger partial charge in [0.25, 0.3) is 6.01 Å². The van der Waals surface area contributed by atoms with Gasteiger partial charge in [-0.15, -0.1) is 0 Å². The Balaban J connectivity index is 1.48. The molecule has 1 aromatic heterocycles. The molecular weight excluding hydrogens is 294 g/mol. The molecule has 3 saturated heterocycles. The smallest absolute Gasteiger partial charge is 0.360 e. The van der Waals surface area contributed by atoms with E-state index in [2.05, 4.69) is 14.8 Å². The largest absolute Gasteiger partial charge is 0.461 e. The zero-order valence-electron chi connectivity index (χ0n) is 13.7. The molecule has 0 spiro atoms. The van der Waals surface area contributed by atoms with Crippen molar-refractivity contribution in [1.82, 2.24) is 9.88 Å². The molecule has 4 rings (SSSR count). The van der Waals surface area contributed by atoms with Gasteiger partial charge in [-0.2, -0.15) is 4.98 Å². The van der Waals surface area contributed by atoms with Crippen molar-refractivity contribution >= 4 is 12.0 Å². The molecule has 0 aromatic carbocycles. The van der Waals surface area contributed by atoms with Crippen molar-refractivity contribution in [2.24, 2.45) is 11.8 Å². The SMILES string of the molecule is CCOC(=O)c1coc(N2C[C@@H]3C[C@H](C2)[C@@H]2CCCCN2C3)n1. The Morgan fingerprint density at radius 3 is 3.17 bits per heavy atom. The lowest BCUT2D eigenvalue weighted by molar-refractivity contribution is 0.0176. The third kappa shape index (κ3) is 2.84. The van der Waals surface area contributed by atoms with Crippen molar-refractivity contribution in [3.63, 3.8) is 0 Å². The number of carbonyl (C=O) groups is 1. The van der Waals surface area contributed by atoms with Crippen molar-refractivity contribution in [2.75, 3.05) is 37.7 Å². The van der Waals surface area contributed by atoms with Crippen LogP contribution in [0.5, 0.6) is 0 Å². The topological polar surface area (TPSA) is 58.8 Å². The molecule has 3 fully saturated rings. The zero-order valence-corrected chi connectivity index (χ0v) is 13.7. The zero-order chi connectivity index (χ0) is 15.8. The highest BCUT2D eigenvalue weighted by atomic mass is 16.5. The van der Waals surface area contributed by atoms with E-state index >= 15 is 0 Å². The average Bonchev–Trinajstić information content (AvgIpc) is 3.05. The van der Waals surface area contributed by atoms with Crippen LogP contribution in [-0.4, -0.2) is 54.7 Å². The van der Waals surface area contributed by atoms with Crippen LogP contribution in [-0.2, 0) is 4.74 Å². The van der Waals surface area contributed by atoms with Crippen LogP contribution < -0.4 is 4.90 Å². The van der Waals surface area contributed by atoms with E-state index in [0.29, 0.717) is 24.5 Å². The number of nitrogens with zero attached hydrogens (tertiary/aromatic N) is 3. The van der Waals surface area contributed by atoms with Gasteiger partial charge in [0.15, 0.2) is 5.69 Å². The quantitative estimate of drug-likeness (QED) is 0.796. The standard InChI is InChI=1S/C17H25N3O3/c1-2-22-16(21)14-11-23-17(18-14)20-9-12-7-13(10-20)15-5-3-4-6-19(15)8-12/h11-13,15H,2-10H2,1H3/t12-,13-,15+/m1/s1. The van der Waals surface area contributed by atoms with Gasteiger partial charge in [-0.05, 0) is 44.6 Å². The summed E-state index contributed by atoms with van der Waals surface area (Å²) in [5, 5.41) is 0. The summed E-state index contributed by atoms with van der Waals surface area (Å²) in [7, 11) is 0. The van der Waals surface area contributed by atoms with E-state index in [9.17, 15) is 4.79 Å². The second-order valence-corrected chi connectivity index (χ2v) is 7.06. The monoisotopic (exact) mass is 319 g/mol. The van der Waals surface area contributed by atoms with Crippen LogP contribution >= 0.6 is 0 Å². The predicted molar refractivity (Wildman–Crippen MR) is 85.5 cm³/mol. The summed E-state index contributed by atoms with van der Waals surface area (Å²) in [6.45, 7) is 6.57. The van der Waals surface area contributed by atoms with E-state index < -0.39 is 5.97 Å². The van der Waals surface area contributed by atoms with Crippen molar-refractivity contribution in [2.45, 2.75) is 38.6 Å². The maximum Gasteiger partial charge on any atom is 0.360 e. The van der Waals surface area contributed by atoms with Gasteiger partial charge in [-0.1, -0.05) is 6.42 Å². The Morgan fingerprint density at radius 1 is 1.39 bits per heavy atom. The molecule has 0 radical (unpaired) electrons. The highest BCUT2D eigenvalue weighted by Crippen LogP contribution is 2.38. The fourth-order valence-corrected chi connectivity index (χ4v) is 4.63. The van der Waals surface area contributed by atoms with Crippen molar-refractivity contribution in [3.8, 4) is 0 Å². The van der Waals surface area contributed by atoms with Gasteiger partial charge in [0.05, 0.1) is 6.61 Å². The molecule has 3 aliphatic heterocycles. The number of rotatable bonds is 3. The Morgan fingerprint density at radius 2 is 2.30 bits per heavy atom. The number of esters is 1. The van der Waals surface area contributed by atoms with Gasteiger partial charge in [-0.25, -0.2) is 4.79 Å². The molecule has 4 heterocycles. The average molecular weight is 319 g/mol. The first kappa shape index (κ1) is 15.0. The maximum atomic E-state index is 11.8. The summed E-state index contributed by atoms with van der Waals surface area (Å²) >= 11 is 0. The van der Waals surface area contributed by atoms with Crippen molar-refractivity contribution in [1.29, 1.82) is 0 Å². The number of hydrogen-bond acceptors (Lipinski definition) is 6.